The smallest absolute Gasteiger partial charge is 0.279 e. The van der Waals surface area contributed by atoms with Crippen LogP contribution in [0, 0.1) is 0 Å². The molecule has 5 nitrogen and oxygen atoms in total. The molecule has 0 bridgehead atoms. The van der Waals surface area contributed by atoms with Crippen molar-refractivity contribution in [3.8, 4) is 0 Å². The van der Waals surface area contributed by atoms with E-state index in [0.717, 1.165) is 24.1 Å². The van der Waals surface area contributed by atoms with Gasteiger partial charge in [0.15, 0.2) is 16.4 Å². The molecule has 6 heteroatoms. The molecular formula is C19H25N2O3S+. The van der Waals surface area contributed by atoms with Crippen LogP contribution in [0.3, 0.4) is 0 Å². The van der Waals surface area contributed by atoms with Crippen LogP contribution in [-0.4, -0.2) is 34.2 Å². The SMILES string of the molecule is CCc1ccc(C[NH+](C)CC(=O)Nc2cccc(S(C)(=O)=O)c2)cc1. The maximum Gasteiger partial charge on any atom is 0.279 e. The topological polar surface area (TPSA) is 67.7 Å². The molecule has 0 saturated heterocycles. The van der Waals surface area contributed by atoms with Crippen LogP contribution >= 0.6 is 0 Å². The monoisotopic (exact) mass is 361 g/mol. The van der Waals surface area contributed by atoms with Crippen LogP contribution in [0.15, 0.2) is 53.4 Å². The van der Waals surface area contributed by atoms with Gasteiger partial charge in [0.05, 0.1) is 11.9 Å². The van der Waals surface area contributed by atoms with Gasteiger partial charge in [0.2, 0.25) is 0 Å². The Bertz CT molecular complexity index is 830. The van der Waals surface area contributed by atoms with E-state index >= 15 is 0 Å². The molecule has 25 heavy (non-hydrogen) atoms. The lowest BCUT2D eigenvalue weighted by atomic mass is 10.1. The molecule has 0 radical (unpaired) electrons. The van der Waals surface area contributed by atoms with Crippen molar-refractivity contribution in [2.75, 3.05) is 25.2 Å². The minimum absolute atomic E-state index is 0.145. The second kappa shape index (κ2) is 8.27. The summed E-state index contributed by atoms with van der Waals surface area (Å²) in [5.74, 6) is -0.145. The van der Waals surface area contributed by atoms with E-state index in [1.54, 1.807) is 12.1 Å². The quantitative estimate of drug-likeness (QED) is 0.781. The first kappa shape index (κ1) is 19.1. The normalized spacial score (nSPS) is 12.6. The molecule has 2 aromatic carbocycles. The van der Waals surface area contributed by atoms with E-state index in [1.165, 1.54) is 23.3 Å². The average molecular weight is 361 g/mol. The highest BCUT2D eigenvalue weighted by Crippen LogP contribution is 2.14. The Balaban J connectivity index is 1.93. The first-order valence-corrected chi connectivity index (χ1v) is 10.2. The lowest BCUT2D eigenvalue weighted by Crippen LogP contribution is -3.08. The number of anilines is 1. The highest BCUT2D eigenvalue weighted by Gasteiger charge is 2.13. The number of carbonyl (C=O) groups is 1. The molecule has 2 N–H and O–H groups in total. The van der Waals surface area contributed by atoms with Crippen LogP contribution in [0.4, 0.5) is 5.69 Å². The molecule has 1 amide bonds. The third-order valence-corrected chi connectivity index (χ3v) is 5.06. The highest BCUT2D eigenvalue weighted by atomic mass is 32.2. The number of sulfone groups is 1. The summed E-state index contributed by atoms with van der Waals surface area (Å²) in [5, 5.41) is 2.77. The second-order valence-electron chi connectivity index (χ2n) is 6.33. The van der Waals surface area contributed by atoms with Crippen molar-refractivity contribution in [2.45, 2.75) is 24.8 Å². The molecule has 0 heterocycles. The summed E-state index contributed by atoms with van der Waals surface area (Å²) in [7, 11) is -1.33. The maximum atomic E-state index is 12.2. The van der Waals surface area contributed by atoms with Gasteiger partial charge in [0.1, 0.15) is 6.54 Å². The predicted molar refractivity (Wildman–Crippen MR) is 99.5 cm³/mol. The standard InChI is InChI=1S/C19H24N2O3S/c1-4-15-8-10-16(11-9-15)13-21(2)14-19(22)20-17-6-5-7-18(12-17)25(3,23)24/h5-12H,4,13-14H2,1-3H3,(H,20,22)/p+1. The fraction of sp³-hybridized carbons (Fsp3) is 0.316. The van der Waals surface area contributed by atoms with Crippen molar-refractivity contribution >= 4 is 21.4 Å². The fourth-order valence-electron chi connectivity index (χ4n) is 2.59. The van der Waals surface area contributed by atoms with E-state index in [1.807, 2.05) is 7.05 Å². The number of amides is 1. The number of nitrogens with one attached hydrogen (secondary N) is 2. The molecule has 2 rings (SSSR count). The van der Waals surface area contributed by atoms with Crippen LogP contribution in [0.1, 0.15) is 18.1 Å². The molecule has 0 aliphatic rings. The first-order valence-electron chi connectivity index (χ1n) is 8.27. The molecule has 0 aliphatic heterocycles. The van der Waals surface area contributed by atoms with Crippen LogP contribution < -0.4 is 10.2 Å². The van der Waals surface area contributed by atoms with Crippen molar-refractivity contribution in [2.24, 2.45) is 0 Å². The van der Waals surface area contributed by atoms with Gasteiger partial charge in [-0.2, -0.15) is 0 Å². The van der Waals surface area contributed by atoms with Crippen molar-refractivity contribution in [3.63, 3.8) is 0 Å². The number of benzene rings is 2. The third kappa shape index (κ3) is 5.99. The largest absolute Gasteiger partial charge is 0.326 e. The molecule has 0 aromatic heterocycles. The zero-order chi connectivity index (χ0) is 18.4. The Morgan fingerprint density at radius 1 is 1.08 bits per heavy atom. The summed E-state index contributed by atoms with van der Waals surface area (Å²) in [4.78, 5) is 13.4. The zero-order valence-corrected chi connectivity index (χ0v) is 15.7. The summed E-state index contributed by atoms with van der Waals surface area (Å²) < 4.78 is 23.2. The van der Waals surface area contributed by atoms with E-state index in [0.29, 0.717) is 12.2 Å². The van der Waals surface area contributed by atoms with Crippen LogP contribution in [0.25, 0.3) is 0 Å². The maximum absolute atomic E-state index is 12.2. The van der Waals surface area contributed by atoms with Gasteiger partial charge in [-0.05, 0) is 30.2 Å². The molecule has 134 valence electrons. The average Bonchev–Trinajstić information content (AvgIpc) is 2.54. The van der Waals surface area contributed by atoms with Gasteiger partial charge >= 0.3 is 0 Å². The predicted octanol–water partition coefficient (Wildman–Crippen LogP) is 1.31. The molecule has 1 atom stereocenters. The number of quaternary nitrogens is 1. The van der Waals surface area contributed by atoms with Crippen LogP contribution in [0.2, 0.25) is 0 Å². The summed E-state index contributed by atoms with van der Waals surface area (Å²) in [6.45, 7) is 3.18. The molecule has 1 unspecified atom stereocenters. The molecule has 0 aliphatic carbocycles. The van der Waals surface area contributed by atoms with E-state index < -0.39 is 9.84 Å². The van der Waals surface area contributed by atoms with Crippen molar-refractivity contribution in [3.05, 3.63) is 59.7 Å². The van der Waals surface area contributed by atoms with E-state index in [4.69, 9.17) is 0 Å². The number of aryl methyl sites for hydroxylation is 1. The molecule has 2 aromatic rings. The number of carbonyl (C=O) groups excluding carboxylic acids is 1. The van der Waals surface area contributed by atoms with Crippen molar-refractivity contribution < 1.29 is 18.1 Å². The Hall–Kier alpha value is -2.18. The molecular weight excluding hydrogens is 336 g/mol. The minimum Gasteiger partial charge on any atom is -0.326 e. The van der Waals surface area contributed by atoms with Gasteiger partial charge in [-0.15, -0.1) is 0 Å². The first-order chi connectivity index (χ1) is 11.8. The van der Waals surface area contributed by atoms with Crippen LogP contribution in [0.5, 0.6) is 0 Å². The van der Waals surface area contributed by atoms with Crippen molar-refractivity contribution in [1.29, 1.82) is 0 Å². The Morgan fingerprint density at radius 3 is 2.32 bits per heavy atom. The summed E-state index contributed by atoms with van der Waals surface area (Å²) in [6, 6.07) is 14.7. The summed E-state index contributed by atoms with van der Waals surface area (Å²) in [5.41, 5.74) is 2.97. The van der Waals surface area contributed by atoms with Gasteiger partial charge in [-0.3, -0.25) is 4.79 Å². The third-order valence-electron chi connectivity index (χ3n) is 3.95. The van der Waals surface area contributed by atoms with Gasteiger partial charge in [0, 0.05) is 17.5 Å². The molecule has 0 spiro atoms. The lowest BCUT2D eigenvalue weighted by Gasteiger charge is -2.14. The van der Waals surface area contributed by atoms with Gasteiger partial charge in [0.25, 0.3) is 5.91 Å². The zero-order valence-electron chi connectivity index (χ0n) is 14.9. The lowest BCUT2D eigenvalue weighted by molar-refractivity contribution is -0.885. The Labute approximate surface area is 149 Å². The molecule has 0 fully saturated rings. The number of likely N-dealkylation sites (N-methyl/N-ethyl adjacent to an activating group) is 1. The van der Waals surface area contributed by atoms with Crippen LogP contribution in [-0.2, 0) is 27.6 Å². The fourth-order valence-corrected chi connectivity index (χ4v) is 3.25. The number of rotatable bonds is 7. The Morgan fingerprint density at radius 2 is 1.72 bits per heavy atom. The van der Waals surface area contributed by atoms with Crippen molar-refractivity contribution in [1.82, 2.24) is 0 Å². The highest BCUT2D eigenvalue weighted by molar-refractivity contribution is 7.90. The van der Waals surface area contributed by atoms with Gasteiger partial charge in [-0.1, -0.05) is 37.3 Å². The summed E-state index contributed by atoms with van der Waals surface area (Å²) in [6.07, 6.45) is 2.16. The van der Waals surface area contributed by atoms with E-state index in [2.05, 4.69) is 36.5 Å². The van der Waals surface area contributed by atoms with Gasteiger partial charge in [-0.25, -0.2) is 8.42 Å². The van der Waals surface area contributed by atoms with E-state index in [9.17, 15) is 13.2 Å². The summed E-state index contributed by atoms with van der Waals surface area (Å²) >= 11 is 0. The second-order valence-corrected chi connectivity index (χ2v) is 8.34. The van der Waals surface area contributed by atoms with Gasteiger partial charge < -0.3 is 10.2 Å². The number of hydrogen-bond donors (Lipinski definition) is 2. The Kier molecular flexibility index (Phi) is 6.33. The molecule has 0 saturated carbocycles. The van der Waals surface area contributed by atoms with E-state index in [-0.39, 0.29) is 10.8 Å². The minimum atomic E-state index is -3.29. The number of hydrogen-bond acceptors (Lipinski definition) is 3.